The van der Waals surface area contributed by atoms with Crippen LogP contribution in [0.5, 0.6) is 34.5 Å². The SMILES string of the molecule is O=C(Oc1c(Oc2ccccc2)c(Oc2ccccc2)c(OC(=O)OC2CCCCC2)c2ccccc12)OC1CCCCC1. The van der Waals surface area contributed by atoms with E-state index in [-0.39, 0.29) is 35.2 Å². The number of para-hydroxylation sites is 2. The Morgan fingerprint density at radius 1 is 0.455 bits per heavy atom. The Hall–Kier alpha value is -4.72. The van der Waals surface area contributed by atoms with Gasteiger partial charge in [0, 0.05) is 10.8 Å². The van der Waals surface area contributed by atoms with Crippen LogP contribution >= 0.6 is 0 Å². The zero-order valence-electron chi connectivity index (χ0n) is 24.6. The van der Waals surface area contributed by atoms with Crippen molar-refractivity contribution in [2.24, 2.45) is 0 Å². The first-order valence-corrected chi connectivity index (χ1v) is 15.5. The maximum absolute atomic E-state index is 13.2. The molecule has 2 saturated carbocycles. The molecule has 0 spiro atoms. The van der Waals surface area contributed by atoms with Crippen LogP contribution in [-0.2, 0) is 9.47 Å². The molecule has 0 radical (unpaired) electrons. The summed E-state index contributed by atoms with van der Waals surface area (Å²) in [4.78, 5) is 26.5. The molecule has 2 aliphatic carbocycles. The third-order valence-electron chi connectivity index (χ3n) is 7.96. The Morgan fingerprint density at radius 2 is 0.818 bits per heavy atom. The van der Waals surface area contributed by atoms with Crippen molar-refractivity contribution in [1.29, 1.82) is 0 Å². The van der Waals surface area contributed by atoms with Crippen molar-refractivity contribution in [3.05, 3.63) is 84.9 Å². The molecule has 0 aliphatic heterocycles. The van der Waals surface area contributed by atoms with Crippen molar-refractivity contribution in [3.63, 3.8) is 0 Å². The summed E-state index contributed by atoms with van der Waals surface area (Å²) in [5.74, 6) is 1.21. The van der Waals surface area contributed by atoms with Crippen LogP contribution in [-0.4, -0.2) is 24.5 Å². The lowest BCUT2D eigenvalue weighted by Gasteiger charge is -2.24. The van der Waals surface area contributed by atoms with E-state index in [0.29, 0.717) is 22.3 Å². The molecule has 228 valence electrons. The molecule has 0 N–H and O–H groups in total. The number of rotatable bonds is 8. The number of fused-ring (bicyclic) bond motifs is 1. The van der Waals surface area contributed by atoms with Gasteiger partial charge in [0.1, 0.15) is 23.7 Å². The highest BCUT2D eigenvalue weighted by Crippen LogP contribution is 2.54. The number of carbonyl (C=O) groups excluding carboxylic acids is 2. The normalized spacial score (nSPS) is 15.7. The molecule has 0 aromatic heterocycles. The van der Waals surface area contributed by atoms with Crippen molar-refractivity contribution in [2.75, 3.05) is 0 Å². The van der Waals surface area contributed by atoms with Crippen molar-refractivity contribution >= 4 is 23.1 Å². The lowest BCUT2D eigenvalue weighted by atomic mass is 9.98. The number of hydrogen-bond acceptors (Lipinski definition) is 8. The topological polar surface area (TPSA) is 89.5 Å². The zero-order valence-corrected chi connectivity index (χ0v) is 24.6. The predicted molar refractivity (Wildman–Crippen MR) is 165 cm³/mol. The lowest BCUT2D eigenvalue weighted by Crippen LogP contribution is -2.24. The number of ether oxygens (including phenoxy) is 6. The van der Waals surface area contributed by atoms with Gasteiger partial charge in [-0.05, 0) is 75.6 Å². The van der Waals surface area contributed by atoms with Gasteiger partial charge in [0.2, 0.25) is 11.5 Å². The highest BCUT2D eigenvalue weighted by Gasteiger charge is 2.31. The van der Waals surface area contributed by atoms with Crippen LogP contribution in [0.25, 0.3) is 10.8 Å². The molecule has 2 aliphatic rings. The van der Waals surface area contributed by atoms with E-state index in [1.54, 1.807) is 48.5 Å². The molecule has 8 heteroatoms. The molecule has 4 aromatic carbocycles. The second-order valence-electron chi connectivity index (χ2n) is 11.2. The van der Waals surface area contributed by atoms with Gasteiger partial charge in [0.05, 0.1) is 0 Å². The van der Waals surface area contributed by atoms with Gasteiger partial charge >= 0.3 is 12.3 Å². The van der Waals surface area contributed by atoms with E-state index in [4.69, 9.17) is 28.4 Å². The summed E-state index contributed by atoms with van der Waals surface area (Å²) in [7, 11) is 0. The Labute approximate surface area is 256 Å². The van der Waals surface area contributed by atoms with E-state index in [2.05, 4.69) is 0 Å². The lowest BCUT2D eigenvalue weighted by molar-refractivity contribution is 0.0396. The van der Waals surface area contributed by atoms with Gasteiger partial charge < -0.3 is 28.4 Å². The first-order valence-electron chi connectivity index (χ1n) is 15.5. The van der Waals surface area contributed by atoms with E-state index in [0.717, 1.165) is 64.2 Å². The summed E-state index contributed by atoms with van der Waals surface area (Å²) >= 11 is 0. The van der Waals surface area contributed by atoms with Crippen molar-refractivity contribution in [3.8, 4) is 34.5 Å². The van der Waals surface area contributed by atoms with E-state index < -0.39 is 12.3 Å². The quantitative estimate of drug-likeness (QED) is 0.147. The standard InChI is InChI=1S/C36H36O8/c37-35(41-27-19-9-3-10-20-27)43-31-29-23-13-14-24-30(29)32(44-36(38)42-28-21-11-4-12-22-28)34(40-26-17-7-2-8-18-26)33(31)39-25-15-5-1-6-16-25/h1-2,5-8,13-18,23-24,27-28H,3-4,9-12,19-22H2. The molecule has 44 heavy (non-hydrogen) atoms. The molecule has 4 aromatic rings. The molecular formula is C36H36O8. The van der Waals surface area contributed by atoms with E-state index in [9.17, 15) is 9.59 Å². The number of benzene rings is 4. The van der Waals surface area contributed by atoms with Gasteiger partial charge in [-0.15, -0.1) is 0 Å². The molecule has 2 fully saturated rings. The van der Waals surface area contributed by atoms with Crippen molar-refractivity contribution in [2.45, 2.75) is 76.4 Å². The highest BCUT2D eigenvalue weighted by atomic mass is 16.7. The summed E-state index contributed by atoms with van der Waals surface area (Å²) in [6.07, 6.45) is 7.33. The smallest absolute Gasteiger partial charge is 0.449 e. The van der Waals surface area contributed by atoms with Crippen LogP contribution in [0.4, 0.5) is 9.59 Å². The summed E-state index contributed by atoms with van der Waals surface area (Å²) in [5, 5.41) is 0.944. The minimum Gasteiger partial charge on any atom is -0.449 e. The summed E-state index contributed by atoms with van der Waals surface area (Å²) in [5.41, 5.74) is 0. The summed E-state index contributed by atoms with van der Waals surface area (Å²) in [6.45, 7) is 0. The molecule has 8 nitrogen and oxygen atoms in total. The van der Waals surface area contributed by atoms with Crippen LogP contribution < -0.4 is 18.9 Å². The van der Waals surface area contributed by atoms with Crippen LogP contribution in [0, 0.1) is 0 Å². The van der Waals surface area contributed by atoms with E-state index in [1.807, 2.05) is 36.4 Å². The fourth-order valence-corrected chi connectivity index (χ4v) is 5.78. The van der Waals surface area contributed by atoms with Gasteiger partial charge in [-0.2, -0.15) is 0 Å². The minimum atomic E-state index is -0.837. The third-order valence-corrected chi connectivity index (χ3v) is 7.96. The maximum atomic E-state index is 13.2. The molecule has 0 bridgehead atoms. The first-order chi connectivity index (χ1) is 21.6. The largest absolute Gasteiger partial charge is 0.514 e. The maximum Gasteiger partial charge on any atom is 0.514 e. The highest BCUT2D eigenvalue weighted by molar-refractivity contribution is 6.01. The van der Waals surface area contributed by atoms with Crippen LogP contribution in [0.2, 0.25) is 0 Å². The van der Waals surface area contributed by atoms with E-state index in [1.165, 1.54) is 0 Å². The second-order valence-corrected chi connectivity index (χ2v) is 11.2. The predicted octanol–water partition coefficient (Wildman–Crippen LogP) is 10.1. The average Bonchev–Trinajstić information content (AvgIpc) is 3.06. The Balaban J connectivity index is 1.46. The number of hydrogen-bond donors (Lipinski definition) is 0. The Bertz CT molecular complexity index is 1440. The van der Waals surface area contributed by atoms with Gasteiger partial charge in [0.25, 0.3) is 0 Å². The molecular weight excluding hydrogens is 560 g/mol. The van der Waals surface area contributed by atoms with Gasteiger partial charge in [-0.1, -0.05) is 73.5 Å². The molecule has 0 heterocycles. The molecule has 0 saturated heterocycles. The average molecular weight is 597 g/mol. The monoisotopic (exact) mass is 596 g/mol. The van der Waals surface area contributed by atoms with Gasteiger partial charge in [-0.3, -0.25) is 0 Å². The molecule has 0 amide bonds. The second kappa shape index (κ2) is 14.2. The van der Waals surface area contributed by atoms with Crippen molar-refractivity contribution in [1.82, 2.24) is 0 Å². The molecule has 0 unspecified atom stereocenters. The van der Waals surface area contributed by atoms with Gasteiger partial charge in [0.15, 0.2) is 11.5 Å². The molecule has 6 rings (SSSR count). The fraction of sp³-hybridized carbons (Fsp3) is 0.333. The van der Waals surface area contributed by atoms with E-state index >= 15 is 0 Å². The van der Waals surface area contributed by atoms with Crippen molar-refractivity contribution < 1.29 is 38.0 Å². The van der Waals surface area contributed by atoms with Crippen LogP contribution in [0.3, 0.4) is 0 Å². The zero-order chi connectivity index (χ0) is 30.1. The minimum absolute atomic E-state index is 0.0554. The molecule has 0 atom stereocenters. The summed E-state index contributed by atoms with van der Waals surface area (Å²) < 4.78 is 36.1. The van der Waals surface area contributed by atoms with Crippen LogP contribution in [0.15, 0.2) is 84.9 Å². The summed E-state index contributed by atoms with van der Waals surface area (Å²) in [6, 6.07) is 25.2. The number of carbonyl (C=O) groups is 2. The van der Waals surface area contributed by atoms with Gasteiger partial charge in [-0.25, -0.2) is 9.59 Å². The fourth-order valence-electron chi connectivity index (χ4n) is 5.78. The third kappa shape index (κ3) is 7.25. The first kappa shape index (κ1) is 29.4. The van der Waals surface area contributed by atoms with Crippen LogP contribution in [0.1, 0.15) is 64.2 Å². The Kier molecular flexibility index (Phi) is 9.45. The Morgan fingerprint density at radius 3 is 1.20 bits per heavy atom.